The van der Waals surface area contributed by atoms with Crippen LogP contribution in [0.25, 0.3) is 0 Å². The van der Waals surface area contributed by atoms with Crippen LogP contribution in [0.2, 0.25) is 10.0 Å². The average molecular weight is 342 g/mol. The molecule has 120 valence electrons. The van der Waals surface area contributed by atoms with Crippen molar-refractivity contribution in [3.05, 3.63) is 33.8 Å². The lowest BCUT2D eigenvalue weighted by Crippen LogP contribution is -2.20. The number of halogens is 2. The van der Waals surface area contributed by atoms with Crippen molar-refractivity contribution in [3.63, 3.8) is 0 Å². The van der Waals surface area contributed by atoms with Gasteiger partial charge in [0.1, 0.15) is 0 Å². The molecule has 6 heteroatoms. The van der Waals surface area contributed by atoms with Gasteiger partial charge in [0.15, 0.2) is 0 Å². The first-order chi connectivity index (χ1) is 10.6. The summed E-state index contributed by atoms with van der Waals surface area (Å²) in [6.45, 7) is 3.64. The number of carbonyl (C=O) groups excluding carboxylic acids is 1. The van der Waals surface area contributed by atoms with E-state index in [1.165, 1.54) is 0 Å². The van der Waals surface area contributed by atoms with Crippen LogP contribution >= 0.6 is 23.2 Å². The Labute approximate surface area is 144 Å². The zero-order valence-corrected chi connectivity index (χ0v) is 14.4. The van der Waals surface area contributed by atoms with E-state index in [0.29, 0.717) is 10.0 Å². The van der Waals surface area contributed by atoms with E-state index in [1.807, 2.05) is 12.1 Å². The fourth-order valence-corrected chi connectivity index (χ4v) is 2.60. The summed E-state index contributed by atoms with van der Waals surface area (Å²) in [6, 6.07) is 5.59. The van der Waals surface area contributed by atoms with Gasteiger partial charge >= 0.3 is 8.05 Å². The van der Waals surface area contributed by atoms with Crippen molar-refractivity contribution in [2.45, 2.75) is 45.6 Å². The Kier molecular flexibility index (Phi) is 9.61. The minimum absolute atomic E-state index is 0.100. The third-order valence-electron chi connectivity index (χ3n) is 3.57. The van der Waals surface area contributed by atoms with Crippen LogP contribution in [0.15, 0.2) is 18.2 Å². The zero-order chi connectivity index (χ0) is 16.4. The van der Waals surface area contributed by atoms with Crippen molar-refractivity contribution in [2.24, 2.45) is 5.92 Å². The number of benzene rings is 1. The largest absolute Gasteiger partial charge is 0.543 e. The van der Waals surface area contributed by atoms with Crippen LogP contribution < -0.4 is 5.32 Å². The lowest BCUT2D eigenvalue weighted by atomic mass is 9.96. The van der Waals surface area contributed by atoms with Gasteiger partial charge in [-0.15, -0.1) is 0 Å². The van der Waals surface area contributed by atoms with Gasteiger partial charge in [-0.2, -0.15) is 0 Å². The van der Waals surface area contributed by atoms with Gasteiger partial charge in [0.2, 0.25) is 0 Å². The lowest BCUT2D eigenvalue weighted by Gasteiger charge is -2.14. The Morgan fingerprint density at radius 1 is 1.27 bits per heavy atom. The molecule has 22 heavy (non-hydrogen) atoms. The zero-order valence-electron chi connectivity index (χ0n) is 12.9. The molecule has 1 N–H and O–H groups in total. The standard InChI is InChI=1S/C16H22BCl2NO2/c1-2-3-5-13(16(21)22-17)6-4-9-20-11-12-7-8-14(18)15(19)10-12/h7-8,10,13,20H,2-6,9,11H2,1H3. The molecular weight excluding hydrogens is 320 g/mol. The highest BCUT2D eigenvalue weighted by molar-refractivity contribution is 6.42. The number of unbranched alkanes of at least 4 members (excludes halogenated alkanes) is 1. The summed E-state index contributed by atoms with van der Waals surface area (Å²) in [5.41, 5.74) is 1.08. The number of rotatable bonds is 10. The van der Waals surface area contributed by atoms with Crippen LogP contribution in [-0.2, 0) is 16.0 Å². The van der Waals surface area contributed by atoms with E-state index in [2.05, 4.69) is 16.9 Å². The Hall–Kier alpha value is -0.705. The highest BCUT2D eigenvalue weighted by atomic mass is 35.5. The molecule has 3 nitrogen and oxygen atoms in total. The van der Waals surface area contributed by atoms with Crippen molar-refractivity contribution < 1.29 is 9.45 Å². The quantitative estimate of drug-likeness (QED) is 0.509. The molecule has 1 rings (SSSR count). The van der Waals surface area contributed by atoms with E-state index in [-0.39, 0.29) is 11.9 Å². The van der Waals surface area contributed by atoms with Gasteiger partial charge in [0, 0.05) is 6.54 Å². The molecule has 1 atom stereocenters. The summed E-state index contributed by atoms with van der Waals surface area (Å²) in [4.78, 5) is 11.6. The minimum Gasteiger partial charge on any atom is -0.543 e. The van der Waals surface area contributed by atoms with Crippen molar-refractivity contribution in [1.29, 1.82) is 0 Å². The molecule has 0 saturated carbocycles. The summed E-state index contributed by atoms with van der Waals surface area (Å²) in [5.74, 6) is -0.408. The maximum atomic E-state index is 11.6. The third kappa shape index (κ3) is 7.04. The molecule has 0 fully saturated rings. The topological polar surface area (TPSA) is 38.3 Å². The lowest BCUT2D eigenvalue weighted by molar-refractivity contribution is -0.139. The predicted molar refractivity (Wildman–Crippen MR) is 92.3 cm³/mol. The van der Waals surface area contributed by atoms with E-state index < -0.39 is 0 Å². The molecule has 1 aromatic rings. The van der Waals surface area contributed by atoms with Gasteiger partial charge in [-0.25, -0.2) is 0 Å². The number of nitrogens with one attached hydrogen (secondary N) is 1. The van der Waals surface area contributed by atoms with Crippen LogP contribution in [0.3, 0.4) is 0 Å². The van der Waals surface area contributed by atoms with E-state index in [4.69, 9.17) is 31.3 Å². The summed E-state index contributed by atoms with van der Waals surface area (Å²) in [6.07, 6.45) is 4.58. The maximum Gasteiger partial charge on any atom is 0.378 e. The van der Waals surface area contributed by atoms with Crippen molar-refractivity contribution in [2.75, 3.05) is 6.54 Å². The summed E-state index contributed by atoms with van der Waals surface area (Å²) in [5, 5.41) is 4.45. The minimum atomic E-state index is -0.307. The van der Waals surface area contributed by atoms with Gasteiger partial charge in [0.25, 0.3) is 5.97 Å². The van der Waals surface area contributed by atoms with Gasteiger partial charge < -0.3 is 9.97 Å². The monoisotopic (exact) mass is 341 g/mol. The highest BCUT2D eigenvalue weighted by Gasteiger charge is 2.17. The first-order valence-corrected chi connectivity index (χ1v) is 8.39. The molecule has 1 aromatic carbocycles. The van der Waals surface area contributed by atoms with Gasteiger partial charge in [-0.3, -0.25) is 4.79 Å². The van der Waals surface area contributed by atoms with Crippen LogP contribution in [0, 0.1) is 5.92 Å². The van der Waals surface area contributed by atoms with Crippen molar-refractivity contribution in [3.8, 4) is 0 Å². The van der Waals surface area contributed by atoms with Gasteiger partial charge in [-0.1, -0.05) is 49.0 Å². The number of carbonyl (C=O) groups is 1. The van der Waals surface area contributed by atoms with Crippen LogP contribution in [0.5, 0.6) is 0 Å². The molecule has 0 heterocycles. The van der Waals surface area contributed by atoms with Crippen LogP contribution in [0.4, 0.5) is 0 Å². The SMILES string of the molecule is [B]OC(=O)C(CCCC)CCCNCc1ccc(Cl)c(Cl)c1. The van der Waals surface area contributed by atoms with Gasteiger partial charge in [0.05, 0.1) is 16.0 Å². The normalized spacial score (nSPS) is 12.1. The van der Waals surface area contributed by atoms with E-state index in [0.717, 1.165) is 50.8 Å². The highest BCUT2D eigenvalue weighted by Crippen LogP contribution is 2.22. The fourth-order valence-electron chi connectivity index (χ4n) is 2.28. The Morgan fingerprint density at radius 3 is 2.64 bits per heavy atom. The molecule has 0 aromatic heterocycles. The van der Waals surface area contributed by atoms with E-state index in [1.54, 1.807) is 6.07 Å². The fraction of sp³-hybridized carbons (Fsp3) is 0.562. The predicted octanol–water partition coefficient (Wildman–Crippen LogP) is 4.30. The molecule has 0 bridgehead atoms. The molecule has 0 aliphatic rings. The molecule has 0 spiro atoms. The summed E-state index contributed by atoms with van der Waals surface area (Å²) in [7, 11) is 4.99. The smallest absolute Gasteiger partial charge is 0.378 e. The van der Waals surface area contributed by atoms with Crippen LogP contribution in [-0.4, -0.2) is 20.6 Å². The van der Waals surface area contributed by atoms with E-state index in [9.17, 15) is 4.79 Å². The molecule has 0 amide bonds. The van der Waals surface area contributed by atoms with Crippen molar-refractivity contribution in [1.82, 2.24) is 5.32 Å². The molecule has 2 radical (unpaired) electrons. The van der Waals surface area contributed by atoms with Crippen LogP contribution in [0.1, 0.15) is 44.6 Å². The maximum absolute atomic E-state index is 11.6. The molecule has 0 saturated heterocycles. The molecule has 0 aliphatic carbocycles. The molecule has 1 unspecified atom stereocenters. The first kappa shape index (κ1) is 19.3. The van der Waals surface area contributed by atoms with Crippen molar-refractivity contribution >= 4 is 37.2 Å². The molecular formula is C16H22BCl2NO2. The summed E-state index contributed by atoms with van der Waals surface area (Å²) >= 11 is 11.8. The van der Waals surface area contributed by atoms with E-state index >= 15 is 0 Å². The Bertz CT molecular complexity index is 471. The van der Waals surface area contributed by atoms with Gasteiger partial charge in [-0.05, 0) is 43.5 Å². The number of hydrogen-bond acceptors (Lipinski definition) is 3. The number of hydrogen-bond donors (Lipinski definition) is 1. The second-order valence-corrected chi connectivity index (χ2v) is 6.16. The summed E-state index contributed by atoms with van der Waals surface area (Å²) < 4.78 is 4.37. The average Bonchev–Trinajstić information content (AvgIpc) is 2.52. The Balaban J connectivity index is 2.27. The third-order valence-corrected chi connectivity index (χ3v) is 4.31. The first-order valence-electron chi connectivity index (χ1n) is 7.63. The Morgan fingerprint density at radius 2 is 2.00 bits per heavy atom. The second kappa shape index (κ2) is 10.9. The molecule has 0 aliphatic heterocycles. The second-order valence-electron chi connectivity index (χ2n) is 5.34.